The van der Waals surface area contributed by atoms with Gasteiger partial charge in [0.25, 0.3) is 0 Å². The first-order chi connectivity index (χ1) is 14.0. The molecule has 6 nitrogen and oxygen atoms in total. The van der Waals surface area contributed by atoms with Gasteiger partial charge in [-0.2, -0.15) is 15.0 Å². The zero-order chi connectivity index (χ0) is 23.7. The van der Waals surface area contributed by atoms with Gasteiger partial charge in [-0.25, -0.2) is 0 Å². The van der Waals surface area contributed by atoms with E-state index in [1.807, 2.05) is 0 Å². The van der Waals surface area contributed by atoms with Gasteiger partial charge in [0.2, 0.25) is 17.2 Å². The van der Waals surface area contributed by atoms with Crippen LogP contribution >= 0.6 is 11.6 Å². The van der Waals surface area contributed by atoms with Crippen molar-refractivity contribution in [3.8, 4) is 0 Å². The van der Waals surface area contributed by atoms with Crippen LogP contribution in [0.15, 0.2) is 0 Å². The number of nitrogens with one attached hydrogen (secondary N) is 3. The monoisotopic (exact) mass is 452 g/mol. The maximum atomic E-state index is 6.30. The predicted molar refractivity (Wildman–Crippen MR) is 133 cm³/mol. The third-order valence-electron chi connectivity index (χ3n) is 5.74. The summed E-state index contributed by atoms with van der Waals surface area (Å²) in [6.07, 6.45) is 5.36. The molecule has 31 heavy (non-hydrogen) atoms. The number of halogens is 1. The second-order valence-corrected chi connectivity index (χ2v) is 12.9. The first-order valence-corrected chi connectivity index (χ1v) is 12.1. The standard InChI is InChI=1S/C24H45ClN6/c1-11-12-17(16-13-22(5,6)31-23(7,8)14-16)26-19-27-18(25)28-20(29-19)30-24(9,10)15-21(2,3)4/h16-17,31H,11-15H2,1-10H3,(H2,26,27,28,29,30). The summed E-state index contributed by atoms with van der Waals surface area (Å²) in [7, 11) is 0. The Morgan fingerprint density at radius 1 is 1.00 bits per heavy atom. The molecule has 2 heterocycles. The van der Waals surface area contributed by atoms with Gasteiger partial charge in [-0.15, -0.1) is 0 Å². The lowest BCUT2D eigenvalue weighted by molar-refractivity contribution is 0.115. The highest BCUT2D eigenvalue weighted by Gasteiger charge is 2.40. The predicted octanol–water partition coefficient (Wildman–Crippen LogP) is 6.29. The van der Waals surface area contributed by atoms with Crippen molar-refractivity contribution < 1.29 is 0 Å². The Bertz CT molecular complexity index is 722. The van der Waals surface area contributed by atoms with E-state index in [9.17, 15) is 0 Å². The number of hydrogen-bond donors (Lipinski definition) is 3. The van der Waals surface area contributed by atoms with Gasteiger partial charge >= 0.3 is 0 Å². The molecule has 3 N–H and O–H groups in total. The first-order valence-electron chi connectivity index (χ1n) is 11.7. The van der Waals surface area contributed by atoms with E-state index in [-0.39, 0.29) is 27.3 Å². The molecule has 1 aromatic rings. The van der Waals surface area contributed by atoms with E-state index in [1.165, 1.54) is 0 Å². The molecule has 0 amide bonds. The van der Waals surface area contributed by atoms with Crippen LogP contribution in [0.1, 0.15) is 101 Å². The molecule has 1 unspecified atom stereocenters. The highest BCUT2D eigenvalue weighted by molar-refractivity contribution is 6.28. The molecule has 0 saturated carbocycles. The van der Waals surface area contributed by atoms with Crippen LogP contribution in [0.5, 0.6) is 0 Å². The van der Waals surface area contributed by atoms with E-state index >= 15 is 0 Å². The highest BCUT2D eigenvalue weighted by atomic mass is 35.5. The second kappa shape index (κ2) is 9.38. The fraction of sp³-hybridized carbons (Fsp3) is 0.875. The lowest BCUT2D eigenvalue weighted by atomic mass is 9.72. The third kappa shape index (κ3) is 8.72. The van der Waals surface area contributed by atoms with Crippen LogP contribution in [0.2, 0.25) is 5.28 Å². The molecule has 1 saturated heterocycles. The van der Waals surface area contributed by atoms with Crippen molar-refractivity contribution >= 4 is 23.5 Å². The lowest BCUT2D eigenvalue weighted by Gasteiger charge is -2.48. The molecule has 1 aliphatic heterocycles. The van der Waals surface area contributed by atoms with Crippen LogP contribution in [-0.2, 0) is 0 Å². The molecule has 1 aliphatic rings. The summed E-state index contributed by atoms with van der Waals surface area (Å²) < 4.78 is 0. The fourth-order valence-electron chi connectivity index (χ4n) is 5.73. The van der Waals surface area contributed by atoms with Gasteiger partial charge in [-0.3, -0.25) is 0 Å². The van der Waals surface area contributed by atoms with E-state index in [0.29, 0.717) is 23.9 Å². The Labute approximate surface area is 195 Å². The number of piperidine rings is 1. The van der Waals surface area contributed by atoms with Gasteiger partial charge in [-0.05, 0) is 90.2 Å². The van der Waals surface area contributed by atoms with Gasteiger partial charge in [0.15, 0.2) is 0 Å². The summed E-state index contributed by atoms with van der Waals surface area (Å²) in [4.78, 5) is 13.4. The molecular weight excluding hydrogens is 408 g/mol. The van der Waals surface area contributed by atoms with Crippen molar-refractivity contribution in [3.05, 3.63) is 5.28 Å². The molecule has 0 aliphatic carbocycles. The summed E-state index contributed by atoms with van der Waals surface area (Å²) in [6.45, 7) is 22.5. The average molecular weight is 453 g/mol. The smallest absolute Gasteiger partial charge is 0.229 e. The summed E-state index contributed by atoms with van der Waals surface area (Å²) in [5.41, 5.74) is 0.225. The number of anilines is 2. The van der Waals surface area contributed by atoms with E-state index in [4.69, 9.17) is 16.6 Å². The maximum Gasteiger partial charge on any atom is 0.229 e. The van der Waals surface area contributed by atoms with Crippen LogP contribution in [0.3, 0.4) is 0 Å². The first kappa shape index (κ1) is 26.1. The van der Waals surface area contributed by atoms with E-state index in [2.05, 4.69) is 95.2 Å². The van der Waals surface area contributed by atoms with Gasteiger partial charge in [0, 0.05) is 22.7 Å². The van der Waals surface area contributed by atoms with Crippen molar-refractivity contribution in [1.29, 1.82) is 0 Å². The van der Waals surface area contributed by atoms with Crippen molar-refractivity contribution in [2.24, 2.45) is 11.3 Å². The van der Waals surface area contributed by atoms with E-state index in [0.717, 1.165) is 32.1 Å². The quantitative estimate of drug-likeness (QED) is 0.430. The number of rotatable bonds is 8. The Morgan fingerprint density at radius 2 is 1.55 bits per heavy atom. The van der Waals surface area contributed by atoms with Gasteiger partial charge in [0.1, 0.15) is 0 Å². The molecule has 2 rings (SSSR count). The zero-order valence-electron chi connectivity index (χ0n) is 21.4. The number of nitrogens with zero attached hydrogens (tertiary/aromatic N) is 3. The van der Waals surface area contributed by atoms with Crippen LogP contribution < -0.4 is 16.0 Å². The van der Waals surface area contributed by atoms with Gasteiger partial charge < -0.3 is 16.0 Å². The van der Waals surface area contributed by atoms with E-state index in [1.54, 1.807) is 0 Å². The maximum absolute atomic E-state index is 6.30. The van der Waals surface area contributed by atoms with Crippen LogP contribution in [0.25, 0.3) is 0 Å². The highest BCUT2D eigenvalue weighted by Crippen LogP contribution is 2.37. The minimum Gasteiger partial charge on any atom is -0.351 e. The summed E-state index contributed by atoms with van der Waals surface area (Å²) in [6, 6.07) is 0.291. The molecule has 178 valence electrons. The summed E-state index contributed by atoms with van der Waals surface area (Å²) in [5.74, 6) is 1.61. The second-order valence-electron chi connectivity index (χ2n) is 12.6. The van der Waals surface area contributed by atoms with Gasteiger partial charge in [-0.1, -0.05) is 34.1 Å². The van der Waals surface area contributed by atoms with Crippen LogP contribution in [0.4, 0.5) is 11.9 Å². The summed E-state index contributed by atoms with van der Waals surface area (Å²) in [5, 5.41) is 11.1. The fourth-order valence-corrected chi connectivity index (χ4v) is 5.89. The van der Waals surface area contributed by atoms with Crippen molar-refractivity contribution in [3.63, 3.8) is 0 Å². The topological polar surface area (TPSA) is 74.8 Å². The average Bonchev–Trinajstić information content (AvgIpc) is 2.47. The van der Waals surface area contributed by atoms with Crippen LogP contribution in [0, 0.1) is 11.3 Å². The normalized spacial score (nSPS) is 20.4. The molecule has 7 heteroatoms. The van der Waals surface area contributed by atoms with Crippen LogP contribution in [-0.4, -0.2) is 37.6 Å². The molecule has 1 aromatic heterocycles. The Hall–Kier alpha value is -1.14. The SMILES string of the molecule is CCCC(Nc1nc(Cl)nc(NC(C)(C)CC(C)(C)C)n1)C1CC(C)(C)NC(C)(C)C1. The lowest BCUT2D eigenvalue weighted by Crippen LogP contribution is -2.59. The molecule has 0 radical (unpaired) electrons. The molecule has 0 aromatic carbocycles. The Kier molecular flexibility index (Phi) is 7.90. The third-order valence-corrected chi connectivity index (χ3v) is 5.90. The molecule has 1 atom stereocenters. The Morgan fingerprint density at radius 3 is 2.06 bits per heavy atom. The van der Waals surface area contributed by atoms with Crippen molar-refractivity contribution in [1.82, 2.24) is 20.3 Å². The molecule has 0 bridgehead atoms. The zero-order valence-corrected chi connectivity index (χ0v) is 22.2. The Balaban J connectivity index is 2.22. The molecule has 1 fully saturated rings. The largest absolute Gasteiger partial charge is 0.351 e. The van der Waals surface area contributed by atoms with Crippen molar-refractivity contribution in [2.75, 3.05) is 10.6 Å². The summed E-state index contributed by atoms with van der Waals surface area (Å²) >= 11 is 6.30. The minimum absolute atomic E-state index is 0.0977. The number of hydrogen-bond acceptors (Lipinski definition) is 6. The van der Waals surface area contributed by atoms with E-state index < -0.39 is 0 Å². The minimum atomic E-state index is -0.161. The van der Waals surface area contributed by atoms with Gasteiger partial charge in [0.05, 0.1) is 0 Å². The van der Waals surface area contributed by atoms with Crippen molar-refractivity contribution in [2.45, 2.75) is 124 Å². The molecule has 0 spiro atoms. The molecular formula is C24H45ClN6. The number of aromatic nitrogens is 3.